The van der Waals surface area contributed by atoms with Crippen LogP contribution in [0.5, 0.6) is 0 Å². The largest absolute Gasteiger partial charge is 0.462 e. The van der Waals surface area contributed by atoms with Crippen LogP contribution in [0, 0.1) is 0 Å². The fourth-order valence-corrected chi connectivity index (χ4v) is 1.72. The van der Waals surface area contributed by atoms with Crippen LogP contribution in [0.1, 0.15) is 27.7 Å². The molecule has 0 spiro atoms. The number of rotatable bonds is 9. The Kier molecular flexibility index (Phi) is 9.25. The predicted molar refractivity (Wildman–Crippen MR) is 75.4 cm³/mol. The Morgan fingerprint density at radius 2 is 1.29 bits per heavy atom. The highest BCUT2D eigenvalue weighted by molar-refractivity contribution is 5.87. The molecule has 24 heavy (non-hydrogen) atoms. The van der Waals surface area contributed by atoms with E-state index in [1.807, 2.05) is 0 Å². The zero-order valence-electron chi connectivity index (χ0n) is 13.8. The molecule has 0 rings (SSSR count). The van der Waals surface area contributed by atoms with Crippen molar-refractivity contribution in [1.29, 1.82) is 0 Å². The highest BCUT2D eigenvalue weighted by Gasteiger charge is 2.41. The molecule has 10 heteroatoms. The van der Waals surface area contributed by atoms with E-state index in [1.54, 1.807) is 0 Å². The highest BCUT2D eigenvalue weighted by Crippen LogP contribution is 2.16. The highest BCUT2D eigenvalue weighted by atomic mass is 16.6. The van der Waals surface area contributed by atoms with Crippen LogP contribution < -0.4 is 0 Å². The van der Waals surface area contributed by atoms with Gasteiger partial charge in [-0.3, -0.25) is 24.0 Å². The maximum atomic E-state index is 11.8. The monoisotopic (exact) mass is 348 g/mol. The van der Waals surface area contributed by atoms with Gasteiger partial charge in [-0.1, -0.05) is 0 Å². The van der Waals surface area contributed by atoms with Crippen molar-refractivity contribution in [2.24, 2.45) is 0 Å². The van der Waals surface area contributed by atoms with Crippen LogP contribution in [0.3, 0.4) is 0 Å². The van der Waals surface area contributed by atoms with Crippen LogP contribution in [0.2, 0.25) is 0 Å². The molecule has 0 aromatic carbocycles. The Morgan fingerprint density at radius 1 is 0.792 bits per heavy atom. The van der Waals surface area contributed by atoms with Crippen molar-refractivity contribution in [3.8, 4) is 0 Å². The van der Waals surface area contributed by atoms with E-state index < -0.39 is 61.2 Å². The van der Waals surface area contributed by atoms with Gasteiger partial charge in [0.15, 0.2) is 12.2 Å². The van der Waals surface area contributed by atoms with E-state index in [4.69, 9.17) is 24.1 Å². The third kappa shape index (κ3) is 8.22. The van der Waals surface area contributed by atoms with Gasteiger partial charge >= 0.3 is 23.9 Å². The molecular weight excluding hydrogens is 328 g/mol. The molecule has 0 radical (unpaired) electrons. The summed E-state index contributed by atoms with van der Waals surface area (Å²) in [6, 6.07) is 0. The van der Waals surface area contributed by atoms with Gasteiger partial charge in [0, 0.05) is 27.7 Å². The van der Waals surface area contributed by atoms with Gasteiger partial charge in [-0.15, -0.1) is 0 Å². The van der Waals surface area contributed by atoms with E-state index in [0.717, 1.165) is 27.7 Å². The molecular formula is C14H20O10. The van der Waals surface area contributed by atoms with E-state index in [1.165, 1.54) is 0 Å². The number of aliphatic hydroxyl groups is 1. The molecule has 0 aliphatic rings. The molecule has 0 saturated heterocycles. The molecule has 0 fully saturated rings. The van der Waals surface area contributed by atoms with Crippen LogP contribution in [0.15, 0.2) is 0 Å². The third-order valence-electron chi connectivity index (χ3n) is 2.50. The topological polar surface area (TPSA) is 142 Å². The van der Waals surface area contributed by atoms with Gasteiger partial charge < -0.3 is 24.1 Å². The van der Waals surface area contributed by atoms with Gasteiger partial charge in [-0.25, -0.2) is 0 Å². The molecule has 1 N–H and O–H groups in total. The van der Waals surface area contributed by atoms with Crippen LogP contribution in [-0.4, -0.2) is 66.3 Å². The fourth-order valence-electron chi connectivity index (χ4n) is 1.72. The number of hydrogen-bond donors (Lipinski definition) is 1. The summed E-state index contributed by atoms with van der Waals surface area (Å²) in [5.41, 5.74) is 0. The standard InChI is InChI=1S/C14H20O10/c1-7(16)21-6-12(22-8(2)17)14(24-10(4)19)13(11(20)5-15)23-9(3)18/h12-15H,5-6H2,1-4H3/t12-,13+,14+/m1/s1. The molecule has 0 aliphatic carbocycles. The first-order valence-electron chi connectivity index (χ1n) is 6.87. The number of ether oxygens (including phenoxy) is 4. The van der Waals surface area contributed by atoms with Crippen LogP contribution in [0.4, 0.5) is 0 Å². The molecule has 136 valence electrons. The van der Waals surface area contributed by atoms with Crippen molar-refractivity contribution in [3.63, 3.8) is 0 Å². The van der Waals surface area contributed by atoms with Gasteiger partial charge in [0.05, 0.1) is 0 Å². The lowest BCUT2D eigenvalue weighted by molar-refractivity contribution is -0.191. The van der Waals surface area contributed by atoms with E-state index in [-0.39, 0.29) is 0 Å². The first kappa shape index (κ1) is 21.5. The normalized spacial score (nSPS) is 13.9. The van der Waals surface area contributed by atoms with Gasteiger partial charge in [0.25, 0.3) is 0 Å². The van der Waals surface area contributed by atoms with Crippen molar-refractivity contribution >= 4 is 29.7 Å². The molecule has 0 bridgehead atoms. The Balaban J connectivity index is 5.67. The second-order valence-electron chi connectivity index (χ2n) is 4.68. The molecule has 3 atom stereocenters. The van der Waals surface area contributed by atoms with E-state index >= 15 is 0 Å². The van der Waals surface area contributed by atoms with Gasteiger partial charge in [0.2, 0.25) is 11.9 Å². The first-order valence-corrected chi connectivity index (χ1v) is 6.87. The molecule has 0 aliphatic heterocycles. The van der Waals surface area contributed by atoms with Crippen molar-refractivity contribution in [2.45, 2.75) is 46.0 Å². The number of carbonyl (C=O) groups is 5. The summed E-state index contributed by atoms with van der Waals surface area (Å²) in [5, 5.41) is 9.01. The Bertz CT molecular complexity index is 498. The van der Waals surface area contributed by atoms with Crippen LogP contribution >= 0.6 is 0 Å². The number of ketones is 1. The first-order chi connectivity index (χ1) is 11.1. The van der Waals surface area contributed by atoms with Crippen molar-refractivity contribution in [1.82, 2.24) is 0 Å². The fraction of sp³-hybridized carbons (Fsp3) is 0.643. The Hall–Kier alpha value is -2.49. The average molecular weight is 348 g/mol. The van der Waals surface area contributed by atoms with E-state index in [9.17, 15) is 24.0 Å². The number of Topliss-reactive ketones (excluding diaryl/α,β-unsaturated/α-hetero) is 1. The van der Waals surface area contributed by atoms with Gasteiger partial charge in [0.1, 0.15) is 13.2 Å². The van der Waals surface area contributed by atoms with Crippen LogP contribution in [-0.2, 0) is 42.9 Å². The van der Waals surface area contributed by atoms with E-state index in [0.29, 0.717) is 0 Å². The zero-order chi connectivity index (χ0) is 18.9. The van der Waals surface area contributed by atoms with Crippen molar-refractivity contribution < 1.29 is 48.0 Å². The molecule has 0 unspecified atom stereocenters. The maximum absolute atomic E-state index is 11.8. The van der Waals surface area contributed by atoms with E-state index in [2.05, 4.69) is 0 Å². The molecule has 10 nitrogen and oxygen atoms in total. The van der Waals surface area contributed by atoms with Crippen molar-refractivity contribution in [2.75, 3.05) is 13.2 Å². The minimum absolute atomic E-state index is 0.552. The summed E-state index contributed by atoms with van der Waals surface area (Å²) >= 11 is 0. The zero-order valence-corrected chi connectivity index (χ0v) is 13.8. The lowest BCUT2D eigenvalue weighted by Crippen LogP contribution is -2.51. The Morgan fingerprint density at radius 3 is 1.67 bits per heavy atom. The number of hydrogen-bond acceptors (Lipinski definition) is 10. The lowest BCUT2D eigenvalue weighted by atomic mass is 10.0. The summed E-state index contributed by atoms with van der Waals surface area (Å²) in [6.07, 6.45) is -4.76. The number of carbonyl (C=O) groups excluding carboxylic acids is 5. The summed E-state index contributed by atoms with van der Waals surface area (Å²) < 4.78 is 19.3. The smallest absolute Gasteiger partial charge is 0.303 e. The molecule has 0 aromatic rings. The summed E-state index contributed by atoms with van der Waals surface area (Å²) in [7, 11) is 0. The van der Waals surface area contributed by atoms with Gasteiger partial charge in [-0.2, -0.15) is 0 Å². The summed E-state index contributed by atoms with van der Waals surface area (Å²) in [6.45, 7) is 2.57. The minimum Gasteiger partial charge on any atom is -0.462 e. The molecule has 0 saturated carbocycles. The summed E-state index contributed by atoms with van der Waals surface area (Å²) in [4.78, 5) is 56.5. The van der Waals surface area contributed by atoms with Crippen LogP contribution in [0.25, 0.3) is 0 Å². The number of aliphatic hydroxyl groups excluding tert-OH is 1. The van der Waals surface area contributed by atoms with Crippen molar-refractivity contribution in [3.05, 3.63) is 0 Å². The quantitative estimate of drug-likeness (QED) is 0.403. The molecule has 0 aromatic heterocycles. The van der Waals surface area contributed by atoms with Gasteiger partial charge in [-0.05, 0) is 0 Å². The number of esters is 4. The average Bonchev–Trinajstić information content (AvgIpc) is 2.45. The lowest BCUT2D eigenvalue weighted by Gasteiger charge is -2.30. The predicted octanol–water partition coefficient (Wildman–Crippen LogP) is -1.09. The second-order valence-corrected chi connectivity index (χ2v) is 4.68. The third-order valence-corrected chi connectivity index (χ3v) is 2.50. The molecule has 0 amide bonds. The Labute approximate surface area is 138 Å². The second kappa shape index (κ2) is 10.3. The maximum Gasteiger partial charge on any atom is 0.303 e. The molecule has 0 heterocycles. The summed E-state index contributed by atoms with van der Waals surface area (Å²) in [5.74, 6) is -4.29. The minimum atomic E-state index is -1.74. The SMILES string of the molecule is CC(=O)OC[C@@H](OC(C)=O)[C@H](OC(C)=O)[C@@H](OC(C)=O)C(=O)CO.